The van der Waals surface area contributed by atoms with E-state index in [0.717, 1.165) is 47.0 Å². The van der Waals surface area contributed by atoms with E-state index < -0.39 is 0 Å². The van der Waals surface area contributed by atoms with Gasteiger partial charge < -0.3 is 32.3 Å². The Hall–Kier alpha value is -3.04. The van der Waals surface area contributed by atoms with E-state index in [2.05, 4.69) is 38.9 Å². The fourth-order valence-corrected chi connectivity index (χ4v) is 4.67. The van der Waals surface area contributed by atoms with Crippen LogP contribution in [0.2, 0.25) is 0 Å². The second-order valence-electron chi connectivity index (χ2n) is 7.70. The Bertz CT molecular complexity index is 1120. The number of nitrogens with one attached hydrogen (secondary N) is 2. The summed E-state index contributed by atoms with van der Waals surface area (Å²) < 4.78 is 0. The van der Waals surface area contributed by atoms with E-state index >= 15 is 0 Å². The molecule has 0 aliphatic carbocycles. The molecule has 6 nitrogen and oxygen atoms in total. The second kappa shape index (κ2) is 13.6. The van der Waals surface area contributed by atoms with Gasteiger partial charge in [-0.3, -0.25) is 0 Å². The molecule has 4 aromatic rings. The number of hydrogen-bond acceptors (Lipinski definition) is 8. The zero-order valence-electron chi connectivity index (χ0n) is 19.0. The van der Waals surface area contributed by atoms with E-state index in [1.807, 2.05) is 42.5 Å². The lowest BCUT2D eigenvalue weighted by Crippen LogP contribution is -2.03. The molecule has 0 spiro atoms. The predicted octanol–water partition coefficient (Wildman–Crippen LogP) is 4.95. The van der Waals surface area contributed by atoms with Crippen molar-refractivity contribution in [3.8, 4) is 0 Å². The average Bonchev–Trinajstić information content (AvgIpc) is 3.54. The molecule has 0 atom stereocenters. The third-order valence-corrected chi connectivity index (χ3v) is 6.75. The largest absolute Gasteiger partial charge is 0.399 e. The normalized spacial score (nSPS) is 10.4. The molecule has 2 aromatic carbocycles. The first-order valence-corrected chi connectivity index (χ1v) is 12.9. The third kappa shape index (κ3) is 8.07. The minimum absolute atomic E-state index is 0.123. The van der Waals surface area contributed by atoms with Gasteiger partial charge in [-0.15, -0.1) is 11.3 Å². The highest BCUT2D eigenvalue weighted by atomic mass is 32.1. The average molecular weight is 497 g/mol. The second-order valence-corrected chi connectivity index (χ2v) is 9.51. The van der Waals surface area contributed by atoms with Gasteiger partial charge in [-0.05, 0) is 94.2 Å². The molecule has 8 heteroatoms. The van der Waals surface area contributed by atoms with Crippen LogP contribution in [0.15, 0.2) is 70.7 Å². The number of thiophene rings is 2. The van der Waals surface area contributed by atoms with Gasteiger partial charge >= 0.3 is 0 Å². The van der Waals surface area contributed by atoms with Gasteiger partial charge in [-0.25, -0.2) is 0 Å². The Kier molecular flexibility index (Phi) is 10.2. The molecule has 0 bridgehead atoms. The first kappa shape index (κ1) is 25.6. The fourth-order valence-electron chi connectivity index (χ4n) is 3.36. The Labute approximate surface area is 208 Å². The molecule has 34 heavy (non-hydrogen) atoms. The Morgan fingerprint density at radius 1 is 0.794 bits per heavy atom. The monoisotopic (exact) mass is 496 g/mol. The van der Waals surface area contributed by atoms with Crippen molar-refractivity contribution in [1.82, 2.24) is 0 Å². The molecule has 4 rings (SSSR count). The summed E-state index contributed by atoms with van der Waals surface area (Å²) >= 11 is 3.42. The van der Waals surface area contributed by atoms with Crippen molar-refractivity contribution in [2.24, 2.45) is 0 Å². The number of aliphatic hydroxyl groups is 2. The lowest BCUT2D eigenvalue weighted by Gasteiger charge is -2.11. The molecule has 0 saturated heterocycles. The van der Waals surface area contributed by atoms with Gasteiger partial charge in [0.05, 0.1) is 0 Å². The quantitative estimate of drug-likeness (QED) is 0.173. The van der Waals surface area contributed by atoms with Crippen molar-refractivity contribution in [3.05, 3.63) is 92.3 Å². The lowest BCUT2D eigenvalue weighted by atomic mass is 10.1. The van der Waals surface area contributed by atoms with Crippen LogP contribution in [0.5, 0.6) is 0 Å². The number of nitrogen functional groups attached to an aromatic ring is 2. The number of aliphatic hydroxyl groups excluding tert-OH is 2. The smallest absolute Gasteiger partial charge is 0.0494 e. The standard InChI is InChI=1S/2C13H16N2OS/c14-13-2-1-12(7-11(13)3-5-16)15-8-10-4-6-17-9-10;14-11-3-4-13(10(8-11)5-6-16)15-9-12-2-1-7-17-12/h1-2,4,6-7,9,15-16H,3,5,8,14H2;1-4,7-8,15-16H,5-6,9,14H2. The highest BCUT2D eigenvalue weighted by molar-refractivity contribution is 7.09. The maximum atomic E-state index is 9.02. The van der Waals surface area contributed by atoms with Gasteiger partial charge in [0.2, 0.25) is 0 Å². The summed E-state index contributed by atoms with van der Waals surface area (Å²) in [5.41, 5.74) is 18.4. The Balaban J connectivity index is 0.000000191. The molecule has 2 heterocycles. The van der Waals surface area contributed by atoms with Crippen molar-refractivity contribution in [2.75, 3.05) is 35.3 Å². The SMILES string of the molecule is Nc1ccc(NCc2cccs2)c(CCO)c1.Nc1ccc(NCc2ccsc2)cc1CCO. The van der Waals surface area contributed by atoms with E-state index in [-0.39, 0.29) is 13.2 Å². The van der Waals surface area contributed by atoms with E-state index in [4.69, 9.17) is 21.7 Å². The van der Waals surface area contributed by atoms with Crippen LogP contribution >= 0.6 is 22.7 Å². The van der Waals surface area contributed by atoms with Crippen LogP contribution < -0.4 is 22.1 Å². The molecule has 0 fully saturated rings. The fraction of sp³-hybridized carbons (Fsp3) is 0.231. The Morgan fingerprint density at radius 3 is 2.32 bits per heavy atom. The molecule has 0 amide bonds. The van der Waals surface area contributed by atoms with Gasteiger partial charge in [-0.2, -0.15) is 11.3 Å². The predicted molar refractivity (Wildman–Crippen MR) is 147 cm³/mol. The molecule has 0 unspecified atom stereocenters. The van der Waals surface area contributed by atoms with Crippen molar-refractivity contribution in [2.45, 2.75) is 25.9 Å². The number of benzene rings is 2. The summed E-state index contributed by atoms with van der Waals surface area (Å²) in [5, 5.41) is 30.9. The molecule has 0 aliphatic heterocycles. The molecule has 0 aliphatic rings. The van der Waals surface area contributed by atoms with Crippen LogP contribution in [-0.2, 0) is 25.9 Å². The van der Waals surface area contributed by atoms with Gasteiger partial charge in [-0.1, -0.05) is 6.07 Å². The summed E-state index contributed by atoms with van der Waals surface area (Å²) in [6.07, 6.45) is 1.22. The van der Waals surface area contributed by atoms with Crippen molar-refractivity contribution >= 4 is 45.4 Å². The summed E-state index contributed by atoms with van der Waals surface area (Å²) in [6.45, 7) is 1.88. The molecule has 180 valence electrons. The van der Waals surface area contributed by atoms with Gasteiger partial charge in [0, 0.05) is 53.9 Å². The number of rotatable bonds is 10. The van der Waals surface area contributed by atoms with Crippen molar-refractivity contribution in [3.63, 3.8) is 0 Å². The minimum atomic E-state index is 0.123. The molecular weight excluding hydrogens is 464 g/mol. The molecular formula is C26H32N4O2S2. The van der Waals surface area contributed by atoms with E-state index in [1.54, 1.807) is 22.7 Å². The first-order chi connectivity index (χ1) is 16.6. The summed E-state index contributed by atoms with van der Waals surface area (Å²) in [7, 11) is 0. The maximum Gasteiger partial charge on any atom is 0.0494 e. The first-order valence-electron chi connectivity index (χ1n) is 11.1. The minimum Gasteiger partial charge on any atom is -0.399 e. The highest BCUT2D eigenvalue weighted by Crippen LogP contribution is 2.21. The maximum absolute atomic E-state index is 9.02. The highest BCUT2D eigenvalue weighted by Gasteiger charge is 2.03. The zero-order valence-corrected chi connectivity index (χ0v) is 20.7. The summed E-state index contributed by atoms with van der Waals surface area (Å²) in [4.78, 5) is 1.29. The molecule has 8 N–H and O–H groups in total. The topological polar surface area (TPSA) is 117 Å². The Morgan fingerprint density at radius 2 is 1.62 bits per heavy atom. The lowest BCUT2D eigenvalue weighted by molar-refractivity contribution is 0.299. The van der Waals surface area contributed by atoms with Gasteiger partial charge in [0.1, 0.15) is 0 Å². The zero-order chi connectivity index (χ0) is 24.2. The van der Waals surface area contributed by atoms with Crippen LogP contribution in [-0.4, -0.2) is 23.4 Å². The van der Waals surface area contributed by atoms with Crippen LogP contribution in [0.4, 0.5) is 22.7 Å². The van der Waals surface area contributed by atoms with Crippen LogP contribution in [0.25, 0.3) is 0 Å². The summed E-state index contributed by atoms with van der Waals surface area (Å²) in [6, 6.07) is 17.8. The molecule has 2 aromatic heterocycles. The van der Waals surface area contributed by atoms with Crippen LogP contribution in [0.1, 0.15) is 21.6 Å². The van der Waals surface area contributed by atoms with Crippen molar-refractivity contribution < 1.29 is 10.2 Å². The van der Waals surface area contributed by atoms with Crippen LogP contribution in [0, 0.1) is 0 Å². The van der Waals surface area contributed by atoms with Gasteiger partial charge in [0.25, 0.3) is 0 Å². The summed E-state index contributed by atoms with van der Waals surface area (Å²) in [5.74, 6) is 0. The van der Waals surface area contributed by atoms with E-state index in [9.17, 15) is 0 Å². The van der Waals surface area contributed by atoms with E-state index in [0.29, 0.717) is 12.8 Å². The molecule has 0 saturated carbocycles. The molecule has 0 radical (unpaired) electrons. The number of hydrogen-bond donors (Lipinski definition) is 6. The third-order valence-electron chi connectivity index (χ3n) is 5.14. The number of nitrogens with two attached hydrogens (primary N) is 2. The van der Waals surface area contributed by atoms with Gasteiger partial charge in [0.15, 0.2) is 0 Å². The van der Waals surface area contributed by atoms with Crippen LogP contribution in [0.3, 0.4) is 0 Å². The van der Waals surface area contributed by atoms with E-state index in [1.165, 1.54) is 10.4 Å². The van der Waals surface area contributed by atoms with Crippen molar-refractivity contribution in [1.29, 1.82) is 0 Å². The number of anilines is 4.